The van der Waals surface area contributed by atoms with Gasteiger partial charge < -0.3 is 10.3 Å². The first-order valence-electron chi connectivity index (χ1n) is 7.20. The van der Waals surface area contributed by atoms with Gasteiger partial charge in [0.2, 0.25) is 0 Å². The highest BCUT2D eigenvalue weighted by Crippen LogP contribution is 2.40. The summed E-state index contributed by atoms with van der Waals surface area (Å²) in [6.07, 6.45) is 4.61. The molecule has 3 N–H and O–H groups in total. The first kappa shape index (κ1) is 14.1. The summed E-state index contributed by atoms with van der Waals surface area (Å²) in [5, 5.41) is 0. The van der Waals surface area contributed by atoms with Crippen LogP contribution in [0.3, 0.4) is 0 Å². The van der Waals surface area contributed by atoms with Crippen LogP contribution in [-0.4, -0.2) is 23.1 Å². The normalized spacial score (nSPS) is 14.8. The minimum absolute atomic E-state index is 0.506. The van der Waals surface area contributed by atoms with Crippen LogP contribution in [0.5, 0.6) is 0 Å². The number of hydrogen-bond donors (Lipinski definition) is 2. The third-order valence-corrected chi connectivity index (χ3v) is 4.04. The van der Waals surface area contributed by atoms with E-state index in [2.05, 4.69) is 36.2 Å². The quantitative estimate of drug-likeness (QED) is 0.610. The zero-order valence-corrected chi connectivity index (χ0v) is 12.4. The second-order valence-corrected chi connectivity index (χ2v) is 5.38. The first-order valence-corrected chi connectivity index (χ1v) is 7.20. The molecular formula is C14H25N5. The van der Waals surface area contributed by atoms with Gasteiger partial charge in [0.15, 0.2) is 0 Å². The molecule has 1 aromatic rings. The van der Waals surface area contributed by atoms with Crippen molar-refractivity contribution >= 4 is 11.6 Å². The molecule has 1 fully saturated rings. The zero-order valence-electron chi connectivity index (χ0n) is 12.4. The van der Waals surface area contributed by atoms with Gasteiger partial charge in [0.1, 0.15) is 17.5 Å². The second-order valence-electron chi connectivity index (χ2n) is 5.38. The van der Waals surface area contributed by atoms with E-state index >= 15 is 0 Å². The number of nitrogens with zero attached hydrogens (tertiary/aromatic N) is 3. The first-order chi connectivity index (χ1) is 9.12. The Labute approximate surface area is 115 Å². The lowest BCUT2D eigenvalue weighted by atomic mass is 10.1. The molecule has 0 unspecified atom stereocenters. The van der Waals surface area contributed by atoms with Gasteiger partial charge in [-0.1, -0.05) is 13.8 Å². The van der Waals surface area contributed by atoms with Crippen LogP contribution in [0.4, 0.5) is 11.6 Å². The van der Waals surface area contributed by atoms with Crippen molar-refractivity contribution in [3.63, 3.8) is 0 Å². The zero-order chi connectivity index (χ0) is 14.0. The predicted octanol–water partition coefficient (Wildman–Crippen LogP) is 2.57. The molecule has 0 bridgehead atoms. The van der Waals surface area contributed by atoms with Gasteiger partial charge >= 0.3 is 0 Å². The Bertz CT molecular complexity index is 438. The Morgan fingerprint density at radius 3 is 2.42 bits per heavy atom. The summed E-state index contributed by atoms with van der Waals surface area (Å²) < 4.78 is 0. The topological polar surface area (TPSA) is 67.1 Å². The van der Waals surface area contributed by atoms with Crippen molar-refractivity contribution < 1.29 is 0 Å². The Morgan fingerprint density at radius 2 is 1.95 bits per heavy atom. The average molecular weight is 263 g/mol. The fourth-order valence-corrected chi connectivity index (χ4v) is 2.54. The lowest BCUT2D eigenvalue weighted by molar-refractivity contribution is 0.584. The Kier molecular flexibility index (Phi) is 4.24. The van der Waals surface area contributed by atoms with Crippen LogP contribution >= 0.6 is 0 Å². The van der Waals surface area contributed by atoms with E-state index < -0.39 is 0 Å². The van der Waals surface area contributed by atoms with E-state index in [9.17, 15) is 0 Å². The molecule has 19 heavy (non-hydrogen) atoms. The minimum Gasteiger partial charge on any atom is -0.356 e. The molecule has 1 aromatic heterocycles. The number of nitrogen functional groups attached to an aromatic ring is 1. The van der Waals surface area contributed by atoms with E-state index in [1.807, 2.05) is 6.92 Å². The summed E-state index contributed by atoms with van der Waals surface area (Å²) in [7, 11) is 2.12. The van der Waals surface area contributed by atoms with Gasteiger partial charge in [-0.2, -0.15) is 0 Å². The van der Waals surface area contributed by atoms with Crippen molar-refractivity contribution in [3.8, 4) is 0 Å². The van der Waals surface area contributed by atoms with E-state index in [1.165, 1.54) is 12.8 Å². The molecule has 0 aromatic carbocycles. The molecule has 1 saturated carbocycles. The standard InChI is InChI=1S/C14H25N5/c1-5-11(6-2)19(4)14-9(3)12(18-15)16-13(17-14)10-7-8-10/h10-11H,5-8,15H2,1-4H3,(H,16,17,18). The van der Waals surface area contributed by atoms with E-state index in [1.54, 1.807) is 0 Å². The molecule has 0 saturated heterocycles. The summed E-state index contributed by atoms with van der Waals surface area (Å²) in [6, 6.07) is 0.506. The fourth-order valence-electron chi connectivity index (χ4n) is 2.54. The minimum atomic E-state index is 0.506. The lowest BCUT2D eigenvalue weighted by Crippen LogP contribution is -2.32. The molecule has 1 aliphatic carbocycles. The molecule has 2 rings (SSSR count). The van der Waals surface area contributed by atoms with Crippen molar-refractivity contribution in [2.45, 2.75) is 58.4 Å². The van der Waals surface area contributed by atoms with Gasteiger partial charge in [-0.05, 0) is 32.6 Å². The van der Waals surface area contributed by atoms with Crippen LogP contribution in [0.15, 0.2) is 0 Å². The molecule has 5 heteroatoms. The average Bonchev–Trinajstić information content (AvgIpc) is 3.24. The monoisotopic (exact) mass is 263 g/mol. The number of hydrazine groups is 1. The number of nitrogens with one attached hydrogen (secondary N) is 1. The Balaban J connectivity index is 2.39. The Hall–Kier alpha value is -1.36. The lowest BCUT2D eigenvalue weighted by Gasteiger charge is -2.29. The van der Waals surface area contributed by atoms with Crippen LogP contribution in [0.25, 0.3) is 0 Å². The maximum Gasteiger partial charge on any atom is 0.148 e. The predicted molar refractivity (Wildman–Crippen MR) is 79.3 cm³/mol. The van der Waals surface area contributed by atoms with Crippen molar-refractivity contribution in [1.29, 1.82) is 0 Å². The molecule has 0 amide bonds. The maximum atomic E-state index is 5.59. The van der Waals surface area contributed by atoms with Crippen molar-refractivity contribution in [2.75, 3.05) is 17.4 Å². The van der Waals surface area contributed by atoms with Crippen LogP contribution in [-0.2, 0) is 0 Å². The molecule has 106 valence electrons. The third-order valence-electron chi connectivity index (χ3n) is 4.04. The van der Waals surface area contributed by atoms with Crippen LogP contribution in [0.1, 0.15) is 56.8 Å². The molecular weight excluding hydrogens is 238 g/mol. The van der Waals surface area contributed by atoms with E-state index in [0.29, 0.717) is 12.0 Å². The highest BCUT2D eigenvalue weighted by molar-refractivity contribution is 5.58. The Morgan fingerprint density at radius 1 is 1.32 bits per heavy atom. The molecule has 0 spiro atoms. The number of hydrogen-bond acceptors (Lipinski definition) is 5. The molecule has 0 atom stereocenters. The van der Waals surface area contributed by atoms with E-state index in [4.69, 9.17) is 10.8 Å². The number of rotatable bonds is 6. The largest absolute Gasteiger partial charge is 0.356 e. The van der Waals surface area contributed by atoms with Crippen LogP contribution in [0.2, 0.25) is 0 Å². The SMILES string of the molecule is CCC(CC)N(C)c1nc(C2CC2)nc(NN)c1C. The molecule has 5 nitrogen and oxygen atoms in total. The highest BCUT2D eigenvalue weighted by Gasteiger charge is 2.29. The molecule has 1 heterocycles. The van der Waals surface area contributed by atoms with E-state index in [-0.39, 0.29) is 0 Å². The highest BCUT2D eigenvalue weighted by atomic mass is 15.3. The second kappa shape index (κ2) is 5.74. The summed E-state index contributed by atoms with van der Waals surface area (Å²) >= 11 is 0. The van der Waals surface area contributed by atoms with E-state index in [0.717, 1.165) is 35.9 Å². The van der Waals surface area contributed by atoms with Gasteiger partial charge in [0, 0.05) is 24.6 Å². The molecule has 0 aliphatic heterocycles. The maximum absolute atomic E-state index is 5.59. The van der Waals surface area contributed by atoms with Crippen LogP contribution < -0.4 is 16.2 Å². The molecule has 0 radical (unpaired) electrons. The van der Waals surface area contributed by atoms with Gasteiger partial charge in [-0.25, -0.2) is 15.8 Å². The van der Waals surface area contributed by atoms with Crippen molar-refractivity contribution in [2.24, 2.45) is 5.84 Å². The fraction of sp³-hybridized carbons (Fsp3) is 0.714. The van der Waals surface area contributed by atoms with Crippen molar-refractivity contribution in [3.05, 3.63) is 11.4 Å². The molecule has 1 aliphatic rings. The number of nitrogens with two attached hydrogens (primary N) is 1. The third kappa shape index (κ3) is 2.81. The summed E-state index contributed by atoms with van der Waals surface area (Å²) in [6.45, 7) is 6.45. The van der Waals surface area contributed by atoms with Gasteiger partial charge in [0.05, 0.1) is 0 Å². The van der Waals surface area contributed by atoms with Gasteiger partial charge in [0.25, 0.3) is 0 Å². The number of aromatic nitrogens is 2. The summed E-state index contributed by atoms with van der Waals surface area (Å²) in [5.74, 6) is 8.82. The van der Waals surface area contributed by atoms with Crippen molar-refractivity contribution in [1.82, 2.24) is 9.97 Å². The number of anilines is 2. The van der Waals surface area contributed by atoms with Gasteiger partial charge in [-0.15, -0.1) is 0 Å². The van der Waals surface area contributed by atoms with Gasteiger partial charge in [-0.3, -0.25) is 0 Å². The summed E-state index contributed by atoms with van der Waals surface area (Å²) in [5.41, 5.74) is 3.74. The van der Waals surface area contributed by atoms with Crippen LogP contribution in [0, 0.1) is 6.92 Å². The summed E-state index contributed by atoms with van der Waals surface area (Å²) in [4.78, 5) is 11.6. The smallest absolute Gasteiger partial charge is 0.148 e.